The molecule has 2 rings (SSSR count). The zero-order chi connectivity index (χ0) is 10.6. The van der Waals surface area contributed by atoms with E-state index in [1.165, 1.54) is 0 Å². The maximum Gasteiger partial charge on any atom is 3.00 e. The number of aliphatic imine (C=N–C) groups is 1. The van der Waals surface area contributed by atoms with Crippen LogP contribution < -0.4 is 5.32 Å². The normalized spacial score (nSPS) is 13.9. The van der Waals surface area contributed by atoms with Gasteiger partial charge in [0.1, 0.15) is 0 Å². The summed E-state index contributed by atoms with van der Waals surface area (Å²) < 4.78 is 0. The van der Waals surface area contributed by atoms with Crippen LogP contribution in [0.25, 0.3) is 10.7 Å². The molecule has 0 amide bonds. The predicted octanol–water partition coefficient (Wildman–Crippen LogP) is 3.02. The molecule has 0 aromatic rings. The first kappa shape index (κ1) is 25.4. The molecule has 0 spiro atoms. The van der Waals surface area contributed by atoms with Gasteiger partial charge in [-0.25, -0.2) is 6.21 Å². The van der Waals surface area contributed by atoms with Gasteiger partial charge in [0.2, 0.25) is 0 Å². The smallest absolute Gasteiger partial charge is 0.812 e. The van der Waals surface area contributed by atoms with E-state index in [9.17, 15) is 0 Å². The van der Waals surface area contributed by atoms with Gasteiger partial charge in [-0.05, 0) is 0 Å². The van der Waals surface area contributed by atoms with Crippen molar-refractivity contribution >= 4 is 12.4 Å². The zero-order valence-electron chi connectivity index (χ0n) is 10.2. The largest absolute Gasteiger partial charge is 3.00 e. The molecular weight excluding hydrogens is 392 g/mol. The molecule has 0 fully saturated rings. The second-order valence-electron chi connectivity index (χ2n) is 2.41. The van der Waals surface area contributed by atoms with Crippen LogP contribution >= 0.6 is 0 Å². The molecule has 0 unspecified atom stereocenters. The predicted molar refractivity (Wildman–Crippen MR) is 76.2 cm³/mol. The van der Waals surface area contributed by atoms with E-state index in [2.05, 4.69) is 15.6 Å². The minimum Gasteiger partial charge on any atom is -0.812 e. The Hall–Kier alpha value is -0.511. The van der Waals surface area contributed by atoms with Gasteiger partial charge in [-0.3, -0.25) is 10.3 Å². The number of hydrogen-bond donors (Lipinski definition) is 1. The van der Waals surface area contributed by atoms with Crippen molar-refractivity contribution in [1.82, 2.24) is 5.32 Å². The third-order valence-electron chi connectivity index (χ3n) is 1.48. The Morgan fingerprint density at radius 1 is 1.47 bits per heavy atom. The quantitative estimate of drug-likeness (QED) is 0.517. The molecule has 4 nitrogen and oxygen atoms in total. The third kappa shape index (κ3) is 15.5. The molecule has 1 N–H and O–H groups in total. The summed E-state index contributed by atoms with van der Waals surface area (Å²) in [6.07, 6.45) is 5.79. The molecule has 5 heteroatoms. The van der Waals surface area contributed by atoms with Gasteiger partial charge >= 0.3 is 20.1 Å². The first-order chi connectivity index (χ1) is 6.93. The fourth-order valence-corrected chi connectivity index (χ4v) is 0.887. The van der Waals surface area contributed by atoms with Crippen LogP contribution in [0.1, 0.15) is 27.7 Å². The number of hydrogen-bond acceptors (Lipinski definition) is 2. The van der Waals surface area contributed by atoms with Crippen LogP contribution in [0.5, 0.6) is 0 Å². The minimum absolute atomic E-state index is 0. The minimum atomic E-state index is 0. The summed E-state index contributed by atoms with van der Waals surface area (Å²) in [7, 11) is 0. The van der Waals surface area contributed by atoms with Crippen molar-refractivity contribution in [2.45, 2.75) is 27.7 Å². The Balaban J connectivity index is -0.0000000769. The Bertz CT molecular complexity index is 197. The van der Waals surface area contributed by atoms with E-state index in [-0.39, 0.29) is 35.0 Å². The fraction of sp³-hybridized carbons (Fsp3) is 0.583. The van der Waals surface area contributed by atoms with Gasteiger partial charge in [-0.1, -0.05) is 27.7 Å². The fourth-order valence-electron chi connectivity index (χ4n) is 0.887. The molecule has 0 aliphatic carbocycles. The average molecular weight is 418 g/mol. The molecule has 2 aliphatic heterocycles. The van der Waals surface area contributed by atoms with E-state index in [4.69, 9.17) is 5.41 Å². The van der Waals surface area contributed by atoms with Gasteiger partial charge in [0, 0.05) is 12.8 Å². The van der Waals surface area contributed by atoms with Crippen LogP contribution in [0.2, 0.25) is 0 Å². The maximum atomic E-state index is 8.28. The van der Waals surface area contributed by atoms with Crippen molar-refractivity contribution < 1.29 is 20.1 Å². The van der Waals surface area contributed by atoms with Crippen molar-refractivity contribution in [2.24, 2.45) is 4.99 Å². The molecule has 2 aliphatic rings. The standard InChI is InChI=1S/C5H6N2.C3H6N2.C2H6.CH4.CH3.Ir/c6-4-5-2-1-3-7-5;1-2-5-3-4-1;1-2;;;/h2,4H,1,3H2;1,5H,2-3H2;1-2H3;1H4;1H3;/q-2;;;;-1;+3. The van der Waals surface area contributed by atoms with E-state index in [0.717, 1.165) is 38.1 Å². The van der Waals surface area contributed by atoms with Crippen molar-refractivity contribution in [2.75, 3.05) is 19.8 Å². The van der Waals surface area contributed by atoms with E-state index >= 15 is 0 Å². The van der Waals surface area contributed by atoms with Crippen LogP contribution in [0.3, 0.4) is 0 Å². The third-order valence-corrected chi connectivity index (χ3v) is 1.48. The molecule has 0 bridgehead atoms. The molecule has 17 heavy (non-hydrogen) atoms. The number of rotatable bonds is 1. The monoisotopic (exact) mass is 418 g/mol. The van der Waals surface area contributed by atoms with Gasteiger partial charge in [-0.15, -0.1) is 12.6 Å². The second-order valence-corrected chi connectivity index (χ2v) is 2.41. The summed E-state index contributed by atoms with van der Waals surface area (Å²) in [4.78, 5) is 3.85. The average Bonchev–Trinajstić information content (AvgIpc) is 2.97. The second kappa shape index (κ2) is 20.8. The first-order valence-electron chi connectivity index (χ1n) is 4.97. The van der Waals surface area contributed by atoms with Crippen LogP contribution in [0.15, 0.2) is 16.8 Å². The molecule has 0 saturated heterocycles. The summed E-state index contributed by atoms with van der Waals surface area (Å²) in [5, 5.41) is 15.2. The van der Waals surface area contributed by atoms with Gasteiger partial charge < -0.3 is 18.2 Å². The van der Waals surface area contributed by atoms with Crippen LogP contribution in [0.4, 0.5) is 0 Å². The van der Waals surface area contributed by atoms with Crippen molar-refractivity contribution in [3.63, 3.8) is 0 Å². The summed E-state index contributed by atoms with van der Waals surface area (Å²) in [6, 6.07) is 0. The maximum absolute atomic E-state index is 8.28. The number of allylic oxidation sites excluding steroid dienone is 1. The Morgan fingerprint density at radius 2 is 2.12 bits per heavy atom. The Morgan fingerprint density at radius 3 is 2.29 bits per heavy atom. The van der Waals surface area contributed by atoms with Gasteiger partial charge in [0.25, 0.3) is 0 Å². The first-order valence-corrected chi connectivity index (χ1v) is 4.97. The molecule has 0 atom stereocenters. The molecular formula is C12H25IrN4. The van der Waals surface area contributed by atoms with Gasteiger partial charge in [0.05, 0.1) is 6.67 Å². The van der Waals surface area contributed by atoms with Crippen LogP contribution in [0, 0.1) is 7.43 Å². The summed E-state index contributed by atoms with van der Waals surface area (Å²) in [5.41, 5.74) is 0.722. The Labute approximate surface area is 120 Å². The van der Waals surface area contributed by atoms with Crippen molar-refractivity contribution in [3.8, 4) is 0 Å². The SMILES string of the molecule is C.C1=NCNC1.CC.[CH3-].[Ir+3].[N-]=CC1=CCC[N-]1. The number of nitrogens with one attached hydrogen (secondary N) is 1. The molecule has 0 aromatic heterocycles. The summed E-state index contributed by atoms with van der Waals surface area (Å²) >= 11 is 0. The Kier molecular flexibility index (Phi) is 31.1. The summed E-state index contributed by atoms with van der Waals surface area (Å²) in [5.74, 6) is 0. The van der Waals surface area contributed by atoms with E-state index in [0.29, 0.717) is 0 Å². The molecule has 0 saturated carbocycles. The van der Waals surface area contributed by atoms with Crippen LogP contribution in [-0.2, 0) is 20.1 Å². The molecule has 0 radical (unpaired) electrons. The molecule has 0 aromatic carbocycles. The van der Waals surface area contributed by atoms with E-state index < -0.39 is 0 Å². The zero-order valence-corrected chi connectivity index (χ0v) is 12.6. The van der Waals surface area contributed by atoms with E-state index in [1.54, 1.807) is 0 Å². The molecule has 102 valence electrons. The summed E-state index contributed by atoms with van der Waals surface area (Å²) in [6.45, 7) is 6.62. The number of nitrogens with zero attached hydrogens (tertiary/aromatic N) is 3. The molecule has 2 heterocycles. The van der Waals surface area contributed by atoms with E-state index in [1.807, 2.05) is 26.1 Å². The van der Waals surface area contributed by atoms with Gasteiger partial charge in [-0.2, -0.15) is 5.70 Å². The topological polar surface area (TPSA) is 60.8 Å². The van der Waals surface area contributed by atoms with Crippen molar-refractivity contribution in [3.05, 3.63) is 29.9 Å². The van der Waals surface area contributed by atoms with Gasteiger partial charge in [0.15, 0.2) is 0 Å². The van der Waals surface area contributed by atoms with Crippen LogP contribution in [-0.4, -0.2) is 32.2 Å². The van der Waals surface area contributed by atoms with Crippen molar-refractivity contribution in [1.29, 1.82) is 0 Å².